The number of halogens is 1. The lowest BCUT2D eigenvalue weighted by Gasteiger charge is -2.19. The molecule has 0 spiro atoms. The second-order valence-electron chi connectivity index (χ2n) is 7.91. The molecule has 2 rings (SSSR count). The largest absolute Gasteiger partial charge is 0.347 e. The lowest BCUT2D eigenvalue weighted by atomic mass is 9.95. The Morgan fingerprint density at radius 2 is 1.44 bits per heavy atom. The monoisotopic (exact) mass is 479 g/mol. The molecule has 174 valence electrons. The van der Waals surface area contributed by atoms with Gasteiger partial charge in [-0.1, -0.05) is 17.7 Å². The number of carbonyl (C=O) groups excluding carboxylic acids is 2. The maximum Gasteiger partial charge on any atom is 0.243 e. The Labute approximate surface area is 195 Å². The molecule has 0 fully saturated rings. The van der Waals surface area contributed by atoms with Crippen LogP contribution < -0.4 is 15.4 Å². The molecule has 0 radical (unpaired) electrons. The zero-order valence-electron chi connectivity index (χ0n) is 19.3. The highest BCUT2D eigenvalue weighted by Crippen LogP contribution is 2.29. The van der Waals surface area contributed by atoms with Crippen molar-refractivity contribution in [2.45, 2.75) is 52.9 Å². The molecule has 0 bridgehead atoms. The maximum atomic E-state index is 12.9. The molecule has 0 saturated heterocycles. The summed E-state index contributed by atoms with van der Waals surface area (Å²) in [5.41, 5.74) is 5.77. The van der Waals surface area contributed by atoms with Crippen LogP contribution in [0.5, 0.6) is 0 Å². The lowest BCUT2D eigenvalue weighted by molar-refractivity contribution is -0.124. The second-order valence-corrected chi connectivity index (χ2v) is 10.0. The number of carbonyl (C=O) groups is 2. The summed E-state index contributed by atoms with van der Waals surface area (Å²) in [4.78, 5) is 24.4. The molecule has 3 N–H and O–H groups in total. The van der Waals surface area contributed by atoms with E-state index in [0.29, 0.717) is 21.8 Å². The van der Waals surface area contributed by atoms with Gasteiger partial charge in [-0.15, -0.1) is 0 Å². The summed E-state index contributed by atoms with van der Waals surface area (Å²) in [5, 5.41) is 5.51. The fraction of sp³-hybridized carbons (Fsp3) is 0.391. The molecule has 2 aromatic rings. The van der Waals surface area contributed by atoms with Gasteiger partial charge in [-0.25, -0.2) is 13.1 Å². The summed E-state index contributed by atoms with van der Waals surface area (Å²) in [7, 11) is -3.78. The molecule has 0 saturated carbocycles. The van der Waals surface area contributed by atoms with E-state index < -0.39 is 21.8 Å². The predicted octanol–water partition coefficient (Wildman–Crippen LogP) is 3.61. The molecule has 7 nitrogen and oxygen atoms in total. The molecule has 2 aromatic carbocycles. The summed E-state index contributed by atoms with van der Waals surface area (Å²) >= 11 is 6.08. The van der Waals surface area contributed by atoms with E-state index in [1.807, 2.05) is 33.8 Å². The Hall–Kier alpha value is -2.42. The SMILES string of the molecule is Cc1ccc(NC(=O)CNC(=O)CCNS(=O)(=O)c2c(C)c(C)c(C)c(C)c2C)c(Cl)c1. The van der Waals surface area contributed by atoms with Crippen LogP contribution in [0.3, 0.4) is 0 Å². The van der Waals surface area contributed by atoms with Crippen LogP contribution in [0.15, 0.2) is 23.1 Å². The Bertz CT molecular complexity index is 1130. The van der Waals surface area contributed by atoms with Crippen molar-refractivity contribution in [3.63, 3.8) is 0 Å². The fourth-order valence-corrected chi connectivity index (χ4v) is 5.33. The zero-order valence-corrected chi connectivity index (χ0v) is 20.8. The minimum absolute atomic E-state index is 0.0789. The molecule has 0 heterocycles. The summed E-state index contributed by atoms with van der Waals surface area (Å²) in [5.74, 6) is -0.871. The fourth-order valence-electron chi connectivity index (χ4n) is 3.42. The number of amides is 2. The minimum atomic E-state index is -3.78. The van der Waals surface area contributed by atoms with Crippen molar-refractivity contribution in [1.29, 1.82) is 0 Å². The van der Waals surface area contributed by atoms with Gasteiger partial charge in [0.2, 0.25) is 21.8 Å². The Balaban J connectivity index is 1.91. The van der Waals surface area contributed by atoms with Crippen molar-refractivity contribution in [3.8, 4) is 0 Å². The van der Waals surface area contributed by atoms with Crippen molar-refractivity contribution in [2.24, 2.45) is 0 Å². The Kier molecular flexibility index (Phi) is 8.45. The van der Waals surface area contributed by atoms with Crippen LogP contribution in [0.4, 0.5) is 5.69 Å². The van der Waals surface area contributed by atoms with Gasteiger partial charge in [0.1, 0.15) is 0 Å². The highest BCUT2D eigenvalue weighted by Gasteiger charge is 2.23. The van der Waals surface area contributed by atoms with E-state index in [1.54, 1.807) is 26.0 Å². The molecular formula is C23H30ClN3O4S. The van der Waals surface area contributed by atoms with Gasteiger partial charge >= 0.3 is 0 Å². The van der Waals surface area contributed by atoms with Crippen LogP contribution in [0.2, 0.25) is 5.02 Å². The molecule has 0 aliphatic rings. The van der Waals surface area contributed by atoms with Crippen LogP contribution in [-0.2, 0) is 19.6 Å². The number of benzene rings is 2. The first-order valence-electron chi connectivity index (χ1n) is 10.2. The quantitative estimate of drug-likeness (QED) is 0.537. The number of anilines is 1. The molecule has 0 aromatic heterocycles. The van der Waals surface area contributed by atoms with E-state index in [4.69, 9.17) is 11.6 Å². The minimum Gasteiger partial charge on any atom is -0.347 e. The number of nitrogens with one attached hydrogen (secondary N) is 3. The predicted molar refractivity (Wildman–Crippen MR) is 128 cm³/mol. The van der Waals surface area contributed by atoms with E-state index in [9.17, 15) is 18.0 Å². The van der Waals surface area contributed by atoms with Crippen LogP contribution in [0.25, 0.3) is 0 Å². The van der Waals surface area contributed by atoms with E-state index >= 15 is 0 Å². The highest BCUT2D eigenvalue weighted by molar-refractivity contribution is 7.89. The molecular weight excluding hydrogens is 450 g/mol. The first-order valence-corrected chi connectivity index (χ1v) is 12.1. The van der Waals surface area contributed by atoms with Crippen LogP contribution >= 0.6 is 11.6 Å². The highest BCUT2D eigenvalue weighted by atomic mass is 35.5. The van der Waals surface area contributed by atoms with Gasteiger partial charge in [0.15, 0.2) is 0 Å². The Morgan fingerprint density at radius 3 is 2.00 bits per heavy atom. The topological polar surface area (TPSA) is 104 Å². The van der Waals surface area contributed by atoms with E-state index in [2.05, 4.69) is 15.4 Å². The third-order valence-corrected chi connectivity index (χ3v) is 7.74. The summed E-state index contributed by atoms with van der Waals surface area (Å²) in [6.45, 7) is 10.9. The third kappa shape index (κ3) is 6.09. The average molecular weight is 480 g/mol. The van der Waals surface area contributed by atoms with Gasteiger partial charge in [0.25, 0.3) is 0 Å². The van der Waals surface area contributed by atoms with Gasteiger partial charge in [-0.05, 0) is 87.1 Å². The van der Waals surface area contributed by atoms with E-state index in [-0.39, 0.29) is 24.4 Å². The lowest BCUT2D eigenvalue weighted by Crippen LogP contribution is -2.35. The molecule has 0 atom stereocenters. The average Bonchev–Trinajstić information content (AvgIpc) is 2.71. The normalized spacial score (nSPS) is 11.3. The maximum absolute atomic E-state index is 12.9. The summed E-state index contributed by atoms with van der Waals surface area (Å²) in [6.07, 6.45) is -0.0975. The number of aryl methyl sites for hydroxylation is 1. The number of hydrogen-bond acceptors (Lipinski definition) is 4. The first-order chi connectivity index (χ1) is 14.8. The number of sulfonamides is 1. The number of rotatable bonds is 8. The first kappa shape index (κ1) is 25.8. The van der Waals surface area contributed by atoms with Crippen molar-refractivity contribution in [2.75, 3.05) is 18.4 Å². The van der Waals surface area contributed by atoms with Gasteiger partial charge in [0.05, 0.1) is 22.2 Å². The molecule has 0 aliphatic heterocycles. The van der Waals surface area contributed by atoms with Crippen molar-refractivity contribution < 1.29 is 18.0 Å². The smallest absolute Gasteiger partial charge is 0.243 e. The van der Waals surface area contributed by atoms with E-state index in [1.165, 1.54) is 0 Å². The molecule has 2 amide bonds. The van der Waals surface area contributed by atoms with Gasteiger partial charge in [-0.2, -0.15) is 0 Å². The Morgan fingerprint density at radius 1 is 0.875 bits per heavy atom. The molecule has 0 unspecified atom stereocenters. The second kappa shape index (κ2) is 10.5. The summed E-state index contributed by atoms with van der Waals surface area (Å²) in [6, 6.07) is 5.22. The number of hydrogen-bond donors (Lipinski definition) is 3. The summed E-state index contributed by atoms with van der Waals surface area (Å²) < 4.78 is 28.2. The van der Waals surface area contributed by atoms with Crippen LogP contribution in [0, 0.1) is 41.5 Å². The van der Waals surface area contributed by atoms with Crippen LogP contribution in [0.1, 0.15) is 39.8 Å². The van der Waals surface area contributed by atoms with Gasteiger partial charge in [-0.3, -0.25) is 9.59 Å². The molecule has 0 aliphatic carbocycles. The van der Waals surface area contributed by atoms with Crippen molar-refractivity contribution >= 4 is 39.1 Å². The molecule has 9 heteroatoms. The van der Waals surface area contributed by atoms with Crippen molar-refractivity contribution in [3.05, 3.63) is 56.6 Å². The van der Waals surface area contributed by atoms with E-state index in [0.717, 1.165) is 22.3 Å². The van der Waals surface area contributed by atoms with Crippen LogP contribution in [-0.4, -0.2) is 33.3 Å². The standard InChI is InChI=1S/C23H30ClN3O4S/c1-13-7-8-20(19(24)11-13)27-22(29)12-25-21(28)9-10-26-32(30,31)23-17(5)15(3)14(2)16(4)18(23)6/h7-8,11,26H,9-10,12H2,1-6H3,(H,25,28)(H,27,29). The van der Waals surface area contributed by atoms with Crippen molar-refractivity contribution in [1.82, 2.24) is 10.0 Å². The van der Waals surface area contributed by atoms with Gasteiger partial charge < -0.3 is 10.6 Å². The third-order valence-electron chi connectivity index (χ3n) is 5.69. The zero-order chi connectivity index (χ0) is 24.2. The van der Waals surface area contributed by atoms with Gasteiger partial charge in [0, 0.05) is 13.0 Å². The molecule has 32 heavy (non-hydrogen) atoms.